The first kappa shape index (κ1) is 17.6. The van der Waals surface area contributed by atoms with Gasteiger partial charge in [0.05, 0.1) is 14.2 Å². The number of nitrogens with one attached hydrogen (secondary N) is 1. The van der Waals surface area contributed by atoms with Crippen molar-refractivity contribution in [1.29, 1.82) is 0 Å². The van der Waals surface area contributed by atoms with Crippen molar-refractivity contribution in [2.24, 2.45) is 5.73 Å². The van der Waals surface area contributed by atoms with E-state index >= 15 is 0 Å². The van der Waals surface area contributed by atoms with Gasteiger partial charge in [-0.25, -0.2) is 0 Å². The molecule has 7 heteroatoms. The molecule has 3 N–H and O–H groups in total. The summed E-state index contributed by atoms with van der Waals surface area (Å²) in [6, 6.07) is 10.2. The third-order valence-electron chi connectivity index (χ3n) is 3.41. The number of hydrogen-bond donors (Lipinski definition) is 2. The average molecular weight is 349 g/mol. The molecule has 2 aromatic rings. The number of carbonyl (C=O) groups is 2. The first-order chi connectivity index (χ1) is 11.5. The molecule has 0 saturated carbocycles. The fraction of sp³-hybridized carbons (Fsp3) is 0.176. The van der Waals surface area contributed by atoms with Crippen molar-refractivity contribution in [3.8, 4) is 11.5 Å². The van der Waals surface area contributed by atoms with Crippen LogP contribution in [-0.4, -0.2) is 26.0 Å². The third kappa shape index (κ3) is 3.97. The molecule has 24 heavy (non-hydrogen) atoms. The van der Waals surface area contributed by atoms with E-state index in [9.17, 15) is 9.59 Å². The van der Waals surface area contributed by atoms with Crippen LogP contribution < -0.4 is 20.5 Å². The number of ether oxygens (including phenoxy) is 2. The Bertz CT molecular complexity index is 747. The zero-order valence-electron chi connectivity index (χ0n) is 13.2. The number of primary amides is 1. The fourth-order valence-electron chi connectivity index (χ4n) is 2.17. The molecular formula is C17H17ClN2O4. The molecule has 0 heterocycles. The second kappa shape index (κ2) is 7.70. The van der Waals surface area contributed by atoms with Gasteiger partial charge < -0.3 is 20.5 Å². The van der Waals surface area contributed by atoms with Crippen LogP contribution in [0, 0.1) is 0 Å². The minimum absolute atomic E-state index is 0.313. The standard InChI is InChI=1S/C17H17ClN2O4/c1-23-13-8-5-11(9-14(13)24-2)17(22)20-15(16(19)21)10-3-6-12(18)7-4-10/h3-9,15H,1-2H3,(H2,19,21)(H,20,22)/t15-/m0/s1. The molecule has 0 aromatic heterocycles. The van der Waals surface area contributed by atoms with Gasteiger partial charge in [0, 0.05) is 10.6 Å². The van der Waals surface area contributed by atoms with E-state index in [1.165, 1.54) is 20.3 Å². The highest BCUT2D eigenvalue weighted by molar-refractivity contribution is 6.30. The molecule has 126 valence electrons. The minimum Gasteiger partial charge on any atom is -0.493 e. The highest BCUT2D eigenvalue weighted by Gasteiger charge is 2.21. The first-order valence-corrected chi connectivity index (χ1v) is 7.41. The van der Waals surface area contributed by atoms with Gasteiger partial charge in [0.1, 0.15) is 6.04 Å². The molecule has 0 bridgehead atoms. The van der Waals surface area contributed by atoms with Crippen molar-refractivity contribution in [3.63, 3.8) is 0 Å². The lowest BCUT2D eigenvalue weighted by atomic mass is 10.1. The largest absolute Gasteiger partial charge is 0.493 e. The summed E-state index contributed by atoms with van der Waals surface area (Å²) in [6.07, 6.45) is 0. The maximum absolute atomic E-state index is 12.4. The number of benzene rings is 2. The Kier molecular flexibility index (Phi) is 5.65. The van der Waals surface area contributed by atoms with Crippen molar-refractivity contribution < 1.29 is 19.1 Å². The van der Waals surface area contributed by atoms with E-state index in [-0.39, 0.29) is 0 Å². The average Bonchev–Trinajstić information content (AvgIpc) is 2.59. The SMILES string of the molecule is COc1ccc(C(=O)N[C@H](C(N)=O)c2ccc(Cl)cc2)cc1OC. The maximum Gasteiger partial charge on any atom is 0.252 e. The number of methoxy groups -OCH3 is 2. The molecule has 0 radical (unpaired) electrons. The second-order valence-corrected chi connectivity index (χ2v) is 5.37. The van der Waals surface area contributed by atoms with E-state index in [1.54, 1.807) is 36.4 Å². The molecule has 2 rings (SSSR count). The summed E-state index contributed by atoms with van der Waals surface area (Å²) in [6.45, 7) is 0. The normalized spacial score (nSPS) is 11.5. The van der Waals surface area contributed by atoms with E-state index in [0.717, 1.165) is 0 Å². The van der Waals surface area contributed by atoms with Crippen molar-refractivity contribution in [3.05, 3.63) is 58.6 Å². The van der Waals surface area contributed by atoms with E-state index in [2.05, 4.69) is 5.32 Å². The van der Waals surface area contributed by atoms with Gasteiger partial charge in [0.25, 0.3) is 5.91 Å². The van der Waals surface area contributed by atoms with Crippen LogP contribution in [-0.2, 0) is 4.79 Å². The minimum atomic E-state index is -0.970. The summed E-state index contributed by atoms with van der Waals surface area (Å²) in [5, 5.41) is 3.13. The molecule has 0 fully saturated rings. The van der Waals surface area contributed by atoms with Crippen molar-refractivity contribution in [2.45, 2.75) is 6.04 Å². The lowest BCUT2D eigenvalue weighted by Gasteiger charge is -2.16. The Morgan fingerprint density at radius 3 is 2.21 bits per heavy atom. The van der Waals surface area contributed by atoms with Crippen LogP contribution in [0.3, 0.4) is 0 Å². The summed E-state index contributed by atoms with van der Waals surface area (Å²) in [5.41, 5.74) is 6.26. The zero-order chi connectivity index (χ0) is 17.7. The quantitative estimate of drug-likeness (QED) is 0.838. The van der Waals surface area contributed by atoms with Gasteiger partial charge in [-0.15, -0.1) is 0 Å². The van der Waals surface area contributed by atoms with Gasteiger partial charge in [0.15, 0.2) is 11.5 Å². The Balaban J connectivity index is 2.25. The van der Waals surface area contributed by atoms with Crippen LogP contribution in [0.25, 0.3) is 0 Å². The van der Waals surface area contributed by atoms with E-state index in [0.29, 0.717) is 27.6 Å². The summed E-state index contributed by atoms with van der Waals surface area (Å²) < 4.78 is 10.3. The predicted molar refractivity (Wildman–Crippen MR) is 90.4 cm³/mol. The van der Waals surface area contributed by atoms with Gasteiger partial charge in [-0.05, 0) is 35.9 Å². The molecule has 0 aliphatic heterocycles. The van der Waals surface area contributed by atoms with Gasteiger partial charge in [-0.1, -0.05) is 23.7 Å². The van der Waals surface area contributed by atoms with Crippen LogP contribution in [0.4, 0.5) is 0 Å². The molecule has 2 aromatic carbocycles. The Morgan fingerprint density at radius 1 is 1.04 bits per heavy atom. The summed E-state index contributed by atoms with van der Waals surface area (Å²) in [7, 11) is 2.97. The molecule has 0 spiro atoms. The van der Waals surface area contributed by atoms with E-state index in [4.69, 9.17) is 26.8 Å². The molecule has 1 atom stereocenters. The summed E-state index contributed by atoms with van der Waals surface area (Å²) >= 11 is 5.83. The van der Waals surface area contributed by atoms with Crippen LogP contribution in [0.5, 0.6) is 11.5 Å². The Labute approximate surface area is 144 Å². The number of nitrogens with two attached hydrogens (primary N) is 1. The lowest BCUT2D eigenvalue weighted by molar-refractivity contribution is -0.120. The number of hydrogen-bond acceptors (Lipinski definition) is 4. The van der Waals surface area contributed by atoms with Crippen LogP contribution in [0.1, 0.15) is 22.0 Å². The third-order valence-corrected chi connectivity index (χ3v) is 3.66. The number of amides is 2. The van der Waals surface area contributed by atoms with Crippen molar-refractivity contribution >= 4 is 23.4 Å². The first-order valence-electron chi connectivity index (χ1n) is 7.04. The van der Waals surface area contributed by atoms with Gasteiger partial charge in [-0.2, -0.15) is 0 Å². The summed E-state index contributed by atoms with van der Waals surface area (Å²) in [5.74, 6) is -0.230. The molecule has 0 unspecified atom stereocenters. The van der Waals surface area contributed by atoms with E-state index in [1.807, 2.05) is 0 Å². The molecule has 0 aliphatic rings. The molecule has 0 saturated heterocycles. The molecular weight excluding hydrogens is 332 g/mol. The second-order valence-electron chi connectivity index (χ2n) is 4.93. The highest BCUT2D eigenvalue weighted by atomic mass is 35.5. The monoisotopic (exact) mass is 348 g/mol. The van der Waals surface area contributed by atoms with E-state index < -0.39 is 17.9 Å². The maximum atomic E-state index is 12.4. The lowest BCUT2D eigenvalue weighted by Crippen LogP contribution is -2.37. The Morgan fingerprint density at radius 2 is 1.67 bits per heavy atom. The molecule has 2 amide bonds. The fourth-order valence-corrected chi connectivity index (χ4v) is 2.29. The smallest absolute Gasteiger partial charge is 0.252 e. The van der Waals surface area contributed by atoms with Crippen LogP contribution >= 0.6 is 11.6 Å². The van der Waals surface area contributed by atoms with Crippen molar-refractivity contribution in [2.75, 3.05) is 14.2 Å². The topological polar surface area (TPSA) is 90.6 Å². The number of carbonyl (C=O) groups excluding carboxylic acids is 2. The molecule has 6 nitrogen and oxygen atoms in total. The van der Waals surface area contributed by atoms with Crippen LogP contribution in [0.2, 0.25) is 5.02 Å². The zero-order valence-corrected chi connectivity index (χ0v) is 14.0. The van der Waals surface area contributed by atoms with Crippen molar-refractivity contribution in [1.82, 2.24) is 5.32 Å². The van der Waals surface area contributed by atoms with Gasteiger partial charge in [-0.3, -0.25) is 9.59 Å². The highest BCUT2D eigenvalue weighted by Crippen LogP contribution is 2.27. The van der Waals surface area contributed by atoms with Crippen LogP contribution in [0.15, 0.2) is 42.5 Å². The summed E-state index contributed by atoms with van der Waals surface area (Å²) in [4.78, 5) is 24.1. The van der Waals surface area contributed by atoms with Gasteiger partial charge in [0.2, 0.25) is 5.91 Å². The number of halogens is 1. The Hall–Kier alpha value is -2.73. The molecule has 0 aliphatic carbocycles. The van der Waals surface area contributed by atoms with Gasteiger partial charge >= 0.3 is 0 Å². The number of rotatable bonds is 6. The predicted octanol–water partition coefficient (Wildman–Crippen LogP) is 2.31.